The molecule has 1 aliphatic heterocycles. The number of Topliss-reactive ketones (excluding diaryl/α,β-unsaturated/α-hetero) is 1. The predicted molar refractivity (Wildman–Crippen MR) is 122 cm³/mol. The van der Waals surface area contributed by atoms with Crippen LogP contribution < -0.4 is 0 Å². The number of aliphatic hydroxyl groups is 1. The number of amides is 1. The highest BCUT2D eigenvalue weighted by Gasteiger charge is 2.46. The van der Waals surface area contributed by atoms with Crippen LogP contribution in [0.3, 0.4) is 0 Å². The van der Waals surface area contributed by atoms with E-state index in [0.717, 1.165) is 4.88 Å². The number of carbonyl (C=O) groups excluding carboxylic acids is 3. The number of ketones is 1. The maximum Gasteiger partial charge on any atom is 0.354 e. The minimum atomic E-state index is -0.742. The Morgan fingerprint density at radius 2 is 2.09 bits per heavy atom. The lowest BCUT2D eigenvalue weighted by Gasteiger charge is -2.24. The molecule has 33 heavy (non-hydrogen) atoms. The Morgan fingerprint density at radius 1 is 1.30 bits per heavy atom. The molecule has 1 atom stereocenters. The lowest BCUT2D eigenvalue weighted by Crippen LogP contribution is -2.31. The van der Waals surface area contributed by atoms with Gasteiger partial charge < -0.3 is 24.3 Å². The topological polar surface area (TPSA) is 118 Å². The number of ether oxygens (including phenoxy) is 1. The number of aryl methyl sites for hydroxylation is 2. The van der Waals surface area contributed by atoms with Crippen LogP contribution >= 0.6 is 11.3 Å². The van der Waals surface area contributed by atoms with Crippen molar-refractivity contribution in [1.29, 1.82) is 0 Å². The van der Waals surface area contributed by atoms with Crippen LogP contribution in [0, 0.1) is 13.8 Å². The largest absolute Gasteiger partial charge is 0.507 e. The molecule has 1 unspecified atom stereocenters. The number of rotatable bonds is 7. The third kappa shape index (κ3) is 3.97. The average molecular weight is 469 g/mol. The number of nitrogens with zero attached hydrogens (tertiary/aromatic N) is 3. The minimum absolute atomic E-state index is 0.0201. The molecule has 3 aromatic rings. The molecule has 1 amide bonds. The van der Waals surface area contributed by atoms with E-state index in [1.807, 2.05) is 28.3 Å². The standard InChI is InChI=1S/C23H24N4O5S/c1-13-16(14(2)25-18(13)23(31)32-3)20(28)17-19(15-6-4-11-33-15)27(22(30)21(17)29)9-5-8-26-10-7-24-12-26/h4,6-7,10-12,19,25,28H,5,8-9H2,1-3H3. The van der Waals surface area contributed by atoms with Gasteiger partial charge >= 0.3 is 5.97 Å². The van der Waals surface area contributed by atoms with E-state index in [1.165, 1.54) is 23.3 Å². The maximum atomic E-state index is 13.1. The fraction of sp³-hybridized carbons (Fsp3) is 0.304. The molecule has 4 heterocycles. The molecule has 0 saturated carbocycles. The first-order chi connectivity index (χ1) is 15.8. The highest BCUT2D eigenvalue weighted by molar-refractivity contribution is 7.10. The number of nitrogens with one attached hydrogen (secondary N) is 1. The number of thiophene rings is 1. The molecule has 1 aliphatic rings. The molecule has 0 aromatic carbocycles. The van der Waals surface area contributed by atoms with Gasteiger partial charge in [-0.3, -0.25) is 9.59 Å². The fourth-order valence-corrected chi connectivity index (χ4v) is 5.09. The van der Waals surface area contributed by atoms with Crippen molar-refractivity contribution >= 4 is 34.8 Å². The molecule has 1 saturated heterocycles. The van der Waals surface area contributed by atoms with Crippen molar-refractivity contribution in [3.8, 4) is 0 Å². The van der Waals surface area contributed by atoms with Gasteiger partial charge in [0.05, 0.1) is 25.1 Å². The van der Waals surface area contributed by atoms with Gasteiger partial charge in [0, 0.05) is 41.6 Å². The van der Waals surface area contributed by atoms with Gasteiger partial charge in [0.15, 0.2) is 0 Å². The van der Waals surface area contributed by atoms with Crippen LogP contribution in [0.1, 0.15) is 44.6 Å². The van der Waals surface area contributed by atoms with Crippen LogP contribution in [0.25, 0.3) is 5.76 Å². The summed E-state index contributed by atoms with van der Waals surface area (Å²) >= 11 is 1.41. The molecule has 2 N–H and O–H groups in total. The molecule has 3 aromatic heterocycles. The van der Waals surface area contributed by atoms with Crippen molar-refractivity contribution < 1.29 is 24.2 Å². The summed E-state index contributed by atoms with van der Waals surface area (Å²) in [5.41, 5.74) is 1.49. The van der Waals surface area contributed by atoms with E-state index in [-0.39, 0.29) is 17.0 Å². The number of carbonyl (C=O) groups is 3. The average Bonchev–Trinajstić information content (AvgIpc) is 3.58. The van der Waals surface area contributed by atoms with E-state index in [4.69, 9.17) is 4.74 Å². The Balaban J connectivity index is 1.75. The van der Waals surface area contributed by atoms with Crippen LogP contribution in [-0.2, 0) is 20.9 Å². The first kappa shape index (κ1) is 22.5. The SMILES string of the molecule is COC(=O)c1[nH]c(C)c(C(O)=C2C(=O)C(=O)N(CCCn3ccnc3)C2c2cccs2)c1C. The normalized spacial score (nSPS) is 17.7. The number of esters is 1. The van der Waals surface area contributed by atoms with E-state index < -0.39 is 23.7 Å². The quantitative estimate of drug-likeness (QED) is 0.238. The van der Waals surface area contributed by atoms with Crippen molar-refractivity contribution in [2.24, 2.45) is 0 Å². The van der Waals surface area contributed by atoms with Gasteiger partial charge in [-0.1, -0.05) is 6.07 Å². The second-order valence-electron chi connectivity index (χ2n) is 7.78. The molecule has 1 fully saturated rings. The Bertz CT molecular complexity index is 1220. The molecule has 10 heteroatoms. The highest BCUT2D eigenvalue weighted by Crippen LogP contribution is 2.42. The van der Waals surface area contributed by atoms with Crippen LogP contribution in [0.2, 0.25) is 0 Å². The number of aliphatic hydroxyl groups excluding tert-OH is 1. The molecular weight excluding hydrogens is 444 g/mol. The Morgan fingerprint density at radius 3 is 2.73 bits per heavy atom. The lowest BCUT2D eigenvalue weighted by molar-refractivity contribution is -0.139. The first-order valence-electron chi connectivity index (χ1n) is 10.4. The van der Waals surface area contributed by atoms with Crippen molar-refractivity contribution in [2.75, 3.05) is 13.7 Å². The Kier molecular flexibility index (Phi) is 6.19. The van der Waals surface area contributed by atoms with Gasteiger partial charge in [-0.25, -0.2) is 9.78 Å². The zero-order valence-corrected chi connectivity index (χ0v) is 19.3. The zero-order chi connectivity index (χ0) is 23.7. The van der Waals surface area contributed by atoms with E-state index in [9.17, 15) is 19.5 Å². The summed E-state index contributed by atoms with van der Waals surface area (Å²) in [5.74, 6) is -2.28. The Hall–Kier alpha value is -3.66. The molecule has 0 bridgehead atoms. The molecule has 9 nitrogen and oxygen atoms in total. The van der Waals surface area contributed by atoms with Crippen LogP contribution in [0.4, 0.5) is 0 Å². The molecular formula is C23H24N4O5S. The van der Waals surface area contributed by atoms with Crippen LogP contribution in [0.5, 0.6) is 0 Å². The van der Waals surface area contributed by atoms with E-state index >= 15 is 0 Å². The lowest BCUT2D eigenvalue weighted by atomic mass is 9.97. The predicted octanol–water partition coefficient (Wildman–Crippen LogP) is 3.19. The number of likely N-dealkylation sites (tertiary alicyclic amines) is 1. The number of aromatic nitrogens is 3. The van der Waals surface area contributed by atoms with Crippen molar-refractivity contribution in [3.05, 3.63) is 69.2 Å². The summed E-state index contributed by atoms with van der Waals surface area (Å²) < 4.78 is 6.70. The number of H-pyrrole nitrogens is 1. The number of imidazole rings is 1. The van der Waals surface area contributed by atoms with Crippen LogP contribution in [-0.4, -0.2) is 55.9 Å². The van der Waals surface area contributed by atoms with Crippen molar-refractivity contribution in [1.82, 2.24) is 19.4 Å². The summed E-state index contributed by atoms with van der Waals surface area (Å²) in [5, 5.41) is 13.2. The van der Waals surface area contributed by atoms with Crippen molar-refractivity contribution in [2.45, 2.75) is 32.9 Å². The third-order valence-electron chi connectivity index (χ3n) is 5.79. The summed E-state index contributed by atoms with van der Waals surface area (Å²) in [6, 6.07) is 2.98. The van der Waals surface area contributed by atoms with Gasteiger partial charge in [0.25, 0.3) is 11.7 Å². The summed E-state index contributed by atoms with van der Waals surface area (Å²) in [4.78, 5) is 47.5. The summed E-state index contributed by atoms with van der Waals surface area (Å²) in [6.45, 7) is 4.32. The van der Waals surface area contributed by atoms with Gasteiger partial charge in [0.2, 0.25) is 0 Å². The zero-order valence-electron chi connectivity index (χ0n) is 18.5. The smallest absolute Gasteiger partial charge is 0.354 e. The van der Waals surface area contributed by atoms with Gasteiger partial charge in [0.1, 0.15) is 11.5 Å². The monoisotopic (exact) mass is 468 g/mol. The second kappa shape index (κ2) is 9.07. The summed E-state index contributed by atoms with van der Waals surface area (Å²) in [7, 11) is 1.27. The third-order valence-corrected chi connectivity index (χ3v) is 6.72. The highest BCUT2D eigenvalue weighted by atomic mass is 32.1. The van der Waals surface area contributed by atoms with Gasteiger partial charge in [-0.05, 0) is 37.3 Å². The molecule has 0 radical (unpaired) electrons. The van der Waals surface area contributed by atoms with E-state index in [0.29, 0.717) is 36.3 Å². The number of methoxy groups -OCH3 is 1. The van der Waals surface area contributed by atoms with E-state index in [1.54, 1.807) is 26.4 Å². The number of hydrogen-bond donors (Lipinski definition) is 2. The fourth-order valence-electron chi connectivity index (χ4n) is 4.24. The number of aromatic amines is 1. The Labute approximate surface area is 194 Å². The second-order valence-corrected chi connectivity index (χ2v) is 8.76. The molecule has 0 spiro atoms. The van der Waals surface area contributed by atoms with Crippen LogP contribution in [0.15, 0.2) is 41.8 Å². The van der Waals surface area contributed by atoms with Gasteiger partial charge in [-0.15, -0.1) is 11.3 Å². The number of hydrogen-bond acceptors (Lipinski definition) is 7. The van der Waals surface area contributed by atoms with E-state index in [2.05, 4.69) is 9.97 Å². The summed E-state index contributed by atoms with van der Waals surface area (Å²) in [6.07, 6.45) is 5.82. The van der Waals surface area contributed by atoms with Crippen molar-refractivity contribution in [3.63, 3.8) is 0 Å². The molecule has 0 aliphatic carbocycles. The first-order valence-corrected chi connectivity index (χ1v) is 11.3. The van der Waals surface area contributed by atoms with Gasteiger partial charge in [-0.2, -0.15) is 0 Å². The molecule has 172 valence electrons. The molecule has 4 rings (SSSR count). The maximum absolute atomic E-state index is 13.1. The minimum Gasteiger partial charge on any atom is -0.507 e.